The molecule has 0 radical (unpaired) electrons. The second-order valence-corrected chi connectivity index (χ2v) is 12.6. The fourth-order valence-corrected chi connectivity index (χ4v) is 5.96. The van der Waals surface area contributed by atoms with Gasteiger partial charge in [-0.25, -0.2) is 19.9 Å². The molecule has 0 amide bonds. The number of nitrogens with zero attached hydrogens (tertiary/aromatic N) is 7. The van der Waals surface area contributed by atoms with Crippen LogP contribution in [0.3, 0.4) is 0 Å². The van der Waals surface area contributed by atoms with Crippen LogP contribution in [0.5, 0.6) is 5.75 Å². The van der Waals surface area contributed by atoms with E-state index in [1.54, 1.807) is 61.2 Å². The van der Waals surface area contributed by atoms with Crippen LogP contribution in [0.1, 0.15) is 5.69 Å². The summed E-state index contributed by atoms with van der Waals surface area (Å²) < 4.78 is 50.4. The van der Waals surface area contributed by atoms with Gasteiger partial charge in [-0.3, -0.25) is 14.0 Å². The summed E-state index contributed by atoms with van der Waals surface area (Å²) in [7, 11) is 1.50. The molecule has 0 saturated heterocycles. The molecule has 8 rings (SSSR count). The Labute approximate surface area is 307 Å². The number of hydrogen-bond acceptors (Lipinski definition) is 7. The van der Waals surface area contributed by atoms with E-state index in [0.717, 1.165) is 22.5 Å². The highest BCUT2D eigenvalue weighted by Gasteiger charge is 2.38. The van der Waals surface area contributed by atoms with E-state index in [0.29, 0.717) is 27.8 Å². The Kier molecular flexibility index (Phi) is 9.56. The van der Waals surface area contributed by atoms with Crippen LogP contribution in [0.15, 0.2) is 128 Å². The van der Waals surface area contributed by atoms with Gasteiger partial charge in [0.15, 0.2) is 17.3 Å². The Morgan fingerprint density at radius 3 is 2.39 bits per heavy atom. The van der Waals surface area contributed by atoms with Gasteiger partial charge in [0.25, 0.3) is 0 Å². The minimum atomic E-state index is -4.61. The lowest BCUT2D eigenvalue weighted by atomic mass is 10.1. The molecular formula is C37H25ClF3IN8O. The van der Waals surface area contributed by atoms with Crippen molar-refractivity contribution in [3.8, 4) is 34.2 Å². The lowest BCUT2D eigenvalue weighted by molar-refractivity contribution is -0.140. The molecular weight excluding hydrogens is 792 g/mol. The number of para-hydroxylation sites is 2. The molecule has 51 heavy (non-hydrogen) atoms. The molecule has 0 saturated carbocycles. The number of aromatic nitrogens is 7. The average Bonchev–Trinajstić information content (AvgIpc) is 3.76. The molecule has 3 aromatic carbocycles. The predicted molar refractivity (Wildman–Crippen MR) is 200 cm³/mol. The molecule has 0 bridgehead atoms. The topological polar surface area (TPSA) is 95.1 Å². The zero-order chi connectivity index (χ0) is 35.5. The van der Waals surface area contributed by atoms with Crippen molar-refractivity contribution in [1.29, 1.82) is 0 Å². The Morgan fingerprint density at radius 2 is 1.61 bits per heavy atom. The van der Waals surface area contributed by atoms with Crippen LogP contribution in [0.25, 0.3) is 45.1 Å². The van der Waals surface area contributed by atoms with E-state index in [-0.39, 0.29) is 17.0 Å². The Hall–Kier alpha value is -5.54. The van der Waals surface area contributed by atoms with Crippen molar-refractivity contribution in [2.75, 3.05) is 12.4 Å². The summed E-state index contributed by atoms with van der Waals surface area (Å²) in [6.07, 6.45) is 2.13. The molecule has 0 aliphatic heterocycles. The maximum atomic E-state index is 13.6. The molecule has 1 N–H and O–H groups in total. The summed E-state index contributed by atoms with van der Waals surface area (Å²) in [5.41, 5.74) is 3.35. The van der Waals surface area contributed by atoms with Crippen molar-refractivity contribution >= 4 is 62.4 Å². The summed E-state index contributed by atoms with van der Waals surface area (Å²) in [6, 6.07) is 30.9. The van der Waals surface area contributed by atoms with Crippen LogP contribution in [-0.2, 0) is 6.18 Å². The number of benzene rings is 3. The summed E-state index contributed by atoms with van der Waals surface area (Å²) in [5, 5.41) is 3.66. The number of pyridine rings is 2. The molecule has 5 heterocycles. The highest BCUT2D eigenvalue weighted by Crippen LogP contribution is 2.37. The highest BCUT2D eigenvalue weighted by molar-refractivity contribution is 14.1. The molecule has 9 nitrogen and oxygen atoms in total. The highest BCUT2D eigenvalue weighted by atomic mass is 127. The third-order valence-corrected chi connectivity index (χ3v) is 8.69. The largest absolute Gasteiger partial charge is 0.495 e. The van der Waals surface area contributed by atoms with E-state index in [2.05, 4.69) is 52.8 Å². The molecule has 0 unspecified atom stereocenters. The van der Waals surface area contributed by atoms with Crippen LogP contribution in [0.4, 0.5) is 24.7 Å². The van der Waals surface area contributed by atoms with E-state index < -0.39 is 11.9 Å². The molecule has 8 aromatic rings. The first-order valence-electron chi connectivity index (χ1n) is 15.3. The number of rotatable bonds is 6. The first kappa shape index (κ1) is 33.9. The predicted octanol–water partition coefficient (Wildman–Crippen LogP) is 9.91. The van der Waals surface area contributed by atoms with Crippen LogP contribution < -0.4 is 10.1 Å². The van der Waals surface area contributed by atoms with Crippen molar-refractivity contribution in [1.82, 2.24) is 33.9 Å². The zero-order valence-corrected chi connectivity index (χ0v) is 29.5. The van der Waals surface area contributed by atoms with Gasteiger partial charge in [0.2, 0.25) is 0 Å². The Bertz CT molecular complexity index is 2480. The maximum absolute atomic E-state index is 13.6. The molecule has 0 aliphatic rings. The van der Waals surface area contributed by atoms with Crippen molar-refractivity contribution in [2.24, 2.45) is 0 Å². The van der Waals surface area contributed by atoms with Crippen molar-refractivity contribution < 1.29 is 17.9 Å². The van der Waals surface area contributed by atoms with Gasteiger partial charge in [-0.1, -0.05) is 35.9 Å². The number of ether oxygens (including phenoxy) is 1. The van der Waals surface area contributed by atoms with Gasteiger partial charge in [-0.15, -0.1) is 0 Å². The summed E-state index contributed by atoms with van der Waals surface area (Å²) in [4.78, 5) is 21.5. The third kappa shape index (κ3) is 7.35. The van der Waals surface area contributed by atoms with Crippen LogP contribution in [0.2, 0.25) is 5.02 Å². The molecule has 14 heteroatoms. The number of anilines is 2. The van der Waals surface area contributed by atoms with E-state index in [9.17, 15) is 13.2 Å². The fourth-order valence-electron chi connectivity index (χ4n) is 5.35. The Balaban J connectivity index is 0.000000162. The van der Waals surface area contributed by atoms with E-state index in [1.165, 1.54) is 33.4 Å². The van der Waals surface area contributed by atoms with E-state index in [4.69, 9.17) is 16.3 Å². The number of nitrogens with one attached hydrogen (secondary N) is 1. The van der Waals surface area contributed by atoms with Crippen molar-refractivity contribution in [2.45, 2.75) is 6.18 Å². The van der Waals surface area contributed by atoms with Crippen molar-refractivity contribution in [3.63, 3.8) is 0 Å². The number of hydrogen-bond donors (Lipinski definition) is 1. The van der Waals surface area contributed by atoms with E-state index >= 15 is 0 Å². The van der Waals surface area contributed by atoms with Gasteiger partial charge in [0, 0.05) is 21.0 Å². The lowest BCUT2D eigenvalue weighted by Gasteiger charge is -2.10. The van der Waals surface area contributed by atoms with Gasteiger partial charge in [0.05, 0.1) is 46.9 Å². The van der Waals surface area contributed by atoms with Crippen molar-refractivity contribution in [3.05, 3.63) is 142 Å². The lowest BCUT2D eigenvalue weighted by Crippen LogP contribution is -2.08. The number of imidazole rings is 2. The first-order chi connectivity index (χ1) is 24.7. The fraction of sp³-hybridized carbons (Fsp3) is 0.0541. The van der Waals surface area contributed by atoms with Crippen LogP contribution >= 0.6 is 34.2 Å². The minimum absolute atomic E-state index is 0.107. The molecule has 5 aromatic heterocycles. The van der Waals surface area contributed by atoms with Gasteiger partial charge >= 0.3 is 6.18 Å². The van der Waals surface area contributed by atoms with Gasteiger partial charge in [-0.2, -0.15) is 13.2 Å². The van der Waals surface area contributed by atoms with Crippen LogP contribution in [0, 0.1) is 3.57 Å². The molecule has 0 fully saturated rings. The normalized spacial score (nSPS) is 11.3. The summed E-state index contributed by atoms with van der Waals surface area (Å²) in [6.45, 7) is 0. The van der Waals surface area contributed by atoms with E-state index in [1.807, 2.05) is 53.1 Å². The third-order valence-electron chi connectivity index (χ3n) is 7.68. The monoisotopic (exact) mass is 816 g/mol. The molecule has 0 spiro atoms. The summed E-state index contributed by atoms with van der Waals surface area (Å²) >= 11 is 8.45. The minimum Gasteiger partial charge on any atom is -0.495 e. The number of fused-ring (bicyclic) bond motifs is 2. The smallest absolute Gasteiger partial charge is 0.435 e. The zero-order valence-electron chi connectivity index (χ0n) is 26.6. The second kappa shape index (κ2) is 14.4. The number of methoxy groups -OCH3 is 1. The second-order valence-electron chi connectivity index (χ2n) is 11.0. The van der Waals surface area contributed by atoms with Crippen LogP contribution in [-0.4, -0.2) is 41.0 Å². The summed E-state index contributed by atoms with van der Waals surface area (Å²) in [5.74, 6) is 1.93. The molecule has 0 atom stereocenters. The first-order valence-corrected chi connectivity index (χ1v) is 16.8. The number of halogens is 5. The molecule has 0 aliphatic carbocycles. The quantitative estimate of drug-likeness (QED) is 0.167. The maximum Gasteiger partial charge on any atom is 0.435 e. The Morgan fingerprint density at radius 1 is 0.824 bits per heavy atom. The van der Waals surface area contributed by atoms with Gasteiger partial charge < -0.3 is 10.1 Å². The van der Waals surface area contributed by atoms with Gasteiger partial charge in [-0.05, 0) is 101 Å². The number of alkyl halides is 3. The SMILES string of the molecule is COc1ccc(-c2cccc(-c3c(C(F)(F)F)nc4ccccn34)n2)cc1Cl.Ic1ccc(Nc2cncc(-n3cnc4ccccc43)n2)cc1. The standard InChI is InChI=1S/C20H13ClF3N3O.C17H12IN5/c1-28-16-9-8-12(11-13(16)21)14-5-4-6-15(25-14)18-19(20(22,23)24)26-17-7-2-3-10-27(17)18;18-12-5-7-13(8-6-12)21-16-9-19-10-17(22-16)23-11-20-14-3-1-2-4-15(14)23/h2-11H,1H3;1-11H,(H,21,22). The van der Waals surface area contributed by atoms with Gasteiger partial charge in [0.1, 0.15) is 23.4 Å². The average molecular weight is 817 g/mol. The molecule has 254 valence electrons.